The Morgan fingerprint density at radius 3 is 2.10 bits per heavy atom. The van der Waals surface area contributed by atoms with Crippen LogP contribution in [0.15, 0.2) is 54.6 Å². The van der Waals surface area contributed by atoms with Crippen molar-refractivity contribution >= 4 is 38.1 Å². The van der Waals surface area contributed by atoms with Crippen LogP contribution < -0.4 is 24.8 Å². The first-order valence-electron chi connectivity index (χ1n) is 19.1. The number of benzene rings is 3. The number of rotatable bonds is 16. The maximum absolute atomic E-state index is 13.7. The first kappa shape index (κ1) is 43.2. The number of fused-ring (bicyclic) bond motifs is 6. The summed E-state index contributed by atoms with van der Waals surface area (Å²) < 4.78 is 46.4. The first-order valence-corrected chi connectivity index (χ1v) is 20.7. The summed E-state index contributed by atoms with van der Waals surface area (Å²) in [4.78, 5) is 68.3. The number of carbonyl (C=O) groups excluding carboxylic acids is 5. The molecule has 0 radical (unpaired) electrons. The fourth-order valence-corrected chi connectivity index (χ4v) is 7.75. The van der Waals surface area contributed by atoms with E-state index < -0.39 is 67.9 Å². The monoisotopic (exact) mass is 831 g/mol. The van der Waals surface area contributed by atoms with Crippen molar-refractivity contribution in [3.8, 4) is 23.0 Å². The van der Waals surface area contributed by atoms with Crippen LogP contribution in [0.25, 0.3) is 4.85 Å². The molecule has 3 aromatic rings. The Hall–Kier alpha value is -5.43. The van der Waals surface area contributed by atoms with Gasteiger partial charge >= 0.3 is 17.9 Å². The Morgan fingerprint density at radius 2 is 1.51 bits per heavy atom. The molecule has 2 amide bonds. The van der Waals surface area contributed by atoms with Crippen molar-refractivity contribution in [3.05, 3.63) is 93.8 Å². The fourth-order valence-electron chi connectivity index (χ4n) is 6.75. The van der Waals surface area contributed by atoms with Gasteiger partial charge in [0.25, 0.3) is 5.91 Å². The lowest BCUT2D eigenvalue weighted by atomic mass is 9.77. The van der Waals surface area contributed by atoms with Gasteiger partial charge in [0, 0.05) is 67.7 Å². The Balaban J connectivity index is 1.16. The van der Waals surface area contributed by atoms with Crippen molar-refractivity contribution in [3.63, 3.8) is 0 Å². The molecule has 0 aliphatic carbocycles. The van der Waals surface area contributed by atoms with Crippen molar-refractivity contribution in [2.75, 3.05) is 46.6 Å². The summed E-state index contributed by atoms with van der Waals surface area (Å²) in [5.41, 5.74) is 0.115. The first-order chi connectivity index (χ1) is 28.2. The predicted molar refractivity (Wildman–Crippen MR) is 211 cm³/mol. The third-order valence-electron chi connectivity index (χ3n) is 9.68. The molecular weight excluding hydrogens is 785 g/mol. The molecule has 3 aliphatic rings. The molecule has 17 heteroatoms. The molecule has 1 spiro atoms. The predicted octanol–water partition coefficient (Wildman–Crippen LogP) is 5.29. The van der Waals surface area contributed by atoms with E-state index in [0.29, 0.717) is 16.7 Å². The number of hydrogen-bond acceptors (Lipinski definition) is 13. The minimum absolute atomic E-state index is 0.0743. The molecule has 1 saturated heterocycles. The van der Waals surface area contributed by atoms with Crippen LogP contribution in [-0.4, -0.2) is 94.7 Å². The van der Waals surface area contributed by atoms with E-state index in [1.54, 1.807) is 70.8 Å². The van der Waals surface area contributed by atoms with E-state index in [9.17, 15) is 24.0 Å². The van der Waals surface area contributed by atoms with E-state index >= 15 is 0 Å². The largest absolute Gasteiger partial charge is 0.456 e. The molecule has 2 N–H and O–H groups in total. The number of hydrogen-bond donors (Lipinski definition) is 2. The summed E-state index contributed by atoms with van der Waals surface area (Å²) in [6.07, 6.45) is -1.46. The highest BCUT2D eigenvalue weighted by atomic mass is 31.2. The highest BCUT2D eigenvalue weighted by molar-refractivity contribution is 7.46. The molecule has 2 unspecified atom stereocenters. The summed E-state index contributed by atoms with van der Waals surface area (Å²) in [5.74, 6) is -2.33. The molecule has 16 nitrogen and oxygen atoms in total. The van der Waals surface area contributed by atoms with Crippen LogP contribution in [0, 0.1) is 18.4 Å². The van der Waals surface area contributed by atoms with E-state index in [0.717, 1.165) is 0 Å². The topological polar surface area (TPSA) is 188 Å². The number of carbonyl (C=O) groups is 5. The van der Waals surface area contributed by atoms with Gasteiger partial charge in [-0.05, 0) is 36.4 Å². The number of nitrogens with one attached hydrogen (secondary N) is 2. The molecule has 3 heterocycles. The van der Waals surface area contributed by atoms with Crippen LogP contribution in [0.1, 0.15) is 71.5 Å². The van der Waals surface area contributed by atoms with Gasteiger partial charge in [0.15, 0.2) is 14.0 Å². The molecule has 59 heavy (non-hydrogen) atoms. The normalized spacial score (nSPS) is 18.8. The summed E-state index contributed by atoms with van der Waals surface area (Å²) in [5, 5.41) is 5.55. The third kappa shape index (κ3) is 9.40. The van der Waals surface area contributed by atoms with Crippen LogP contribution in [0.5, 0.6) is 23.0 Å². The molecule has 1 fully saturated rings. The Morgan fingerprint density at radius 1 is 0.898 bits per heavy atom. The molecule has 3 aromatic carbocycles. The standard InChI is InChI=1S/C42H46N3O13P/c1-23(2)39(48)53-26-9-12-30-32(19-26)55-33-20-27(54-40(49)24(3)4)10-13-31(33)42(30)29-11-8-25(18-28(29)41(50)57-42)37(46)44-14-15-45-38(47)35-21-34(36(56-35)22-51-6)58-59(7)52-17-16-43-5/h8-13,18-20,23-24,34-36H,14-17,21-22H2,1-4,6-7H3,(H,44,46)(H,45,47)/t34-,35-,36?,59?/m1/s1. The second kappa shape index (κ2) is 18.7. The van der Waals surface area contributed by atoms with Crippen LogP contribution in [-0.2, 0) is 43.2 Å². The van der Waals surface area contributed by atoms with Gasteiger partial charge in [-0.25, -0.2) is 11.4 Å². The lowest BCUT2D eigenvalue weighted by Gasteiger charge is -2.36. The van der Waals surface area contributed by atoms with Crippen molar-refractivity contribution in [1.29, 1.82) is 0 Å². The van der Waals surface area contributed by atoms with Crippen LogP contribution in [0.3, 0.4) is 0 Å². The highest BCUT2D eigenvalue weighted by Gasteiger charge is 2.54. The average molecular weight is 832 g/mol. The summed E-state index contributed by atoms with van der Waals surface area (Å²) in [6, 6.07) is 14.2. The van der Waals surface area contributed by atoms with Crippen molar-refractivity contribution < 1.29 is 61.4 Å². The maximum atomic E-state index is 13.7. The Bertz CT molecular complexity index is 2080. The third-order valence-corrected chi connectivity index (χ3v) is 10.8. The van der Waals surface area contributed by atoms with Gasteiger partial charge in [-0.15, -0.1) is 0 Å². The van der Waals surface area contributed by atoms with Crippen molar-refractivity contribution in [1.82, 2.24) is 10.6 Å². The van der Waals surface area contributed by atoms with E-state index in [1.807, 2.05) is 0 Å². The van der Waals surface area contributed by atoms with E-state index in [4.69, 9.17) is 44.0 Å². The average Bonchev–Trinajstić information content (AvgIpc) is 3.73. The number of nitrogens with zero attached hydrogens (tertiary/aromatic N) is 1. The quantitative estimate of drug-likeness (QED) is 0.0624. The van der Waals surface area contributed by atoms with Crippen molar-refractivity contribution in [2.45, 2.75) is 58.0 Å². The van der Waals surface area contributed by atoms with Crippen LogP contribution in [0.2, 0.25) is 0 Å². The number of methoxy groups -OCH3 is 1. The Labute approximate surface area is 342 Å². The summed E-state index contributed by atoms with van der Waals surface area (Å²) in [7, 11) is 0.236. The molecule has 0 saturated carbocycles. The minimum atomic E-state index is -1.53. The number of amides is 2. The second-order valence-corrected chi connectivity index (χ2v) is 15.9. The van der Waals surface area contributed by atoms with Gasteiger partial charge in [0.05, 0.1) is 30.1 Å². The van der Waals surface area contributed by atoms with Gasteiger partial charge in [-0.1, -0.05) is 33.8 Å². The van der Waals surface area contributed by atoms with E-state index in [-0.39, 0.29) is 79.3 Å². The van der Waals surface area contributed by atoms with Gasteiger partial charge in [0.1, 0.15) is 41.8 Å². The molecule has 6 rings (SSSR count). The molecule has 0 bridgehead atoms. The van der Waals surface area contributed by atoms with Gasteiger partial charge < -0.3 is 52.9 Å². The molecule has 0 aromatic heterocycles. The lowest BCUT2D eigenvalue weighted by Crippen LogP contribution is -2.40. The molecular formula is C42H46N3O13P. The van der Waals surface area contributed by atoms with Gasteiger partial charge in [0.2, 0.25) is 12.5 Å². The lowest BCUT2D eigenvalue weighted by molar-refractivity contribution is -0.138. The highest BCUT2D eigenvalue weighted by Crippen LogP contribution is 2.57. The summed E-state index contributed by atoms with van der Waals surface area (Å²) in [6.45, 7) is 16.4. The minimum Gasteiger partial charge on any atom is -0.456 e. The smallest absolute Gasteiger partial charge is 0.340 e. The Kier molecular flexibility index (Phi) is 13.6. The molecule has 4 atom stereocenters. The van der Waals surface area contributed by atoms with E-state index in [1.165, 1.54) is 25.3 Å². The van der Waals surface area contributed by atoms with Crippen molar-refractivity contribution in [2.24, 2.45) is 11.8 Å². The van der Waals surface area contributed by atoms with E-state index in [2.05, 4.69) is 15.5 Å². The number of esters is 3. The molecule has 3 aliphatic heterocycles. The van der Waals surface area contributed by atoms with Crippen LogP contribution >= 0.6 is 8.38 Å². The molecule has 312 valence electrons. The van der Waals surface area contributed by atoms with Crippen LogP contribution in [0.4, 0.5) is 0 Å². The van der Waals surface area contributed by atoms with Gasteiger partial charge in [-0.2, -0.15) is 0 Å². The second-order valence-electron chi connectivity index (χ2n) is 14.6. The summed E-state index contributed by atoms with van der Waals surface area (Å²) >= 11 is 0. The fraction of sp³-hybridized carbons (Fsp3) is 0.429. The SMILES string of the molecule is [C-]#[N+]CCOP(C)O[C@@H]1C[C@H](C(=O)NCCNC(=O)c2ccc3c(c2)C(=O)OC32c3ccc(OC(=O)C(C)C)cc3Oc3cc(OC(=O)C(C)C)ccc32)OC1COC. The number of ether oxygens (including phenoxy) is 6. The zero-order chi connectivity index (χ0) is 42.4. The maximum Gasteiger partial charge on any atom is 0.340 e. The zero-order valence-electron chi connectivity index (χ0n) is 33.5. The van der Waals surface area contributed by atoms with Gasteiger partial charge in [-0.3, -0.25) is 19.2 Å². The zero-order valence-corrected chi connectivity index (χ0v) is 34.4.